The summed E-state index contributed by atoms with van der Waals surface area (Å²) < 4.78 is 12.9. The van der Waals surface area contributed by atoms with Crippen LogP contribution in [0, 0.1) is 5.82 Å². The quantitative estimate of drug-likeness (QED) is 0.887. The minimum absolute atomic E-state index is 0.254. The fourth-order valence-electron chi connectivity index (χ4n) is 1.61. The molecule has 2 aromatic rings. The van der Waals surface area contributed by atoms with Crippen LogP contribution < -0.4 is 0 Å². The summed E-state index contributed by atoms with van der Waals surface area (Å²) in [5.41, 5.74) is 0.539. The Morgan fingerprint density at radius 3 is 2.71 bits per heavy atom. The SMILES string of the molecule is CCc1ccc(C(O)c2ccc(F)cc2Cl)s1. The van der Waals surface area contributed by atoms with E-state index in [1.165, 1.54) is 23.1 Å². The molecule has 0 aliphatic rings. The lowest BCUT2D eigenvalue weighted by molar-refractivity contribution is 0.224. The van der Waals surface area contributed by atoms with Gasteiger partial charge in [-0.1, -0.05) is 24.6 Å². The van der Waals surface area contributed by atoms with Crippen LogP contribution in [0.25, 0.3) is 0 Å². The van der Waals surface area contributed by atoms with Crippen LogP contribution in [0.3, 0.4) is 0 Å². The third-order valence-corrected chi connectivity index (χ3v) is 4.17. The average molecular weight is 271 g/mol. The van der Waals surface area contributed by atoms with E-state index >= 15 is 0 Å². The Labute approximate surface area is 108 Å². The second-order valence-corrected chi connectivity index (χ2v) is 5.33. The molecular formula is C13H12ClFOS. The molecule has 4 heteroatoms. The van der Waals surface area contributed by atoms with Gasteiger partial charge in [-0.05, 0) is 30.7 Å². The van der Waals surface area contributed by atoms with E-state index in [1.54, 1.807) is 11.3 Å². The zero-order valence-electron chi connectivity index (χ0n) is 9.28. The molecule has 0 saturated heterocycles. The predicted octanol–water partition coefficient (Wildman–Crippen LogP) is 4.18. The molecule has 1 atom stereocenters. The summed E-state index contributed by atoms with van der Waals surface area (Å²) in [5.74, 6) is -0.397. The van der Waals surface area contributed by atoms with Gasteiger partial charge in [-0.15, -0.1) is 11.3 Å². The van der Waals surface area contributed by atoms with Crippen LogP contribution in [0.5, 0.6) is 0 Å². The summed E-state index contributed by atoms with van der Waals surface area (Å²) in [5, 5.41) is 10.4. The van der Waals surface area contributed by atoms with Crippen molar-refractivity contribution in [3.63, 3.8) is 0 Å². The molecule has 90 valence electrons. The second kappa shape index (κ2) is 5.17. The molecule has 1 heterocycles. The molecule has 1 aromatic carbocycles. The van der Waals surface area contributed by atoms with Crippen molar-refractivity contribution in [2.75, 3.05) is 0 Å². The fourth-order valence-corrected chi connectivity index (χ4v) is 2.84. The van der Waals surface area contributed by atoms with Gasteiger partial charge in [0.05, 0.1) is 0 Å². The van der Waals surface area contributed by atoms with Crippen LogP contribution in [0.15, 0.2) is 30.3 Å². The first kappa shape index (κ1) is 12.6. The summed E-state index contributed by atoms with van der Waals surface area (Å²) in [6, 6.07) is 7.91. The number of aliphatic hydroxyl groups excluding tert-OH is 1. The topological polar surface area (TPSA) is 20.2 Å². The van der Waals surface area contributed by atoms with E-state index in [1.807, 2.05) is 12.1 Å². The van der Waals surface area contributed by atoms with Gasteiger partial charge in [-0.25, -0.2) is 4.39 Å². The van der Waals surface area contributed by atoms with Gasteiger partial charge in [0.2, 0.25) is 0 Å². The van der Waals surface area contributed by atoms with Crippen LogP contribution in [-0.2, 0) is 6.42 Å². The van der Waals surface area contributed by atoms with Gasteiger partial charge in [0.15, 0.2) is 0 Å². The lowest BCUT2D eigenvalue weighted by Crippen LogP contribution is -1.98. The third kappa shape index (κ3) is 2.68. The van der Waals surface area contributed by atoms with E-state index < -0.39 is 11.9 Å². The van der Waals surface area contributed by atoms with Crippen molar-refractivity contribution in [1.29, 1.82) is 0 Å². The van der Waals surface area contributed by atoms with E-state index in [2.05, 4.69) is 6.92 Å². The fraction of sp³-hybridized carbons (Fsp3) is 0.231. The van der Waals surface area contributed by atoms with E-state index in [0.717, 1.165) is 11.3 Å². The Hall–Kier alpha value is -0.900. The number of halogens is 2. The maximum absolute atomic E-state index is 12.9. The van der Waals surface area contributed by atoms with Crippen LogP contribution >= 0.6 is 22.9 Å². The highest BCUT2D eigenvalue weighted by atomic mass is 35.5. The number of aryl methyl sites for hydroxylation is 1. The summed E-state index contributed by atoms with van der Waals surface area (Å²) in [6.07, 6.45) is 0.155. The minimum Gasteiger partial charge on any atom is -0.383 e. The molecule has 0 fully saturated rings. The molecular weight excluding hydrogens is 259 g/mol. The van der Waals surface area contributed by atoms with Crippen LogP contribution in [-0.4, -0.2) is 5.11 Å². The van der Waals surface area contributed by atoms with Crippen molar-refractivity contribution in [1.82, 2.24) is 0 Å². The maximum Gasteiger partial charge on any atom is 0.124 e. The molecule has 17 heavy (non-hydrogen) atoms. The van der Waals surface area contributed by atoms with Crippen molar-refractivity contribution in [3.05, 3.63) is 56.5 Å². The number of rotatable bonds is 3. The Balaban J connectivity index is 2.33. The van der Waals surface area contributed by atoms with Crippen molar-refractivity contribution in [2.45, 2.75) is 19.4 Å². The molecule has 0 aliphatic heterocycles. The van der Waals surface area contributed by atoms with Gasteiger partial charge in [0.1, 0.15) is 11.9 Å². The maximum atomic E-state index is 12.9. The Morgan fingerprint density at radius 2 is 2.12 bits per heavy atom. The summed E-state index contributed by atoms with van der Waals surface area (Å²) in [6.45, 7) is 2.06. The molecule has 0 radical (unpaired) electrons. The van der Waals surface area contributed by atoms with Crippen LogP contribution in [0.1, 0.15) is 28.3 Å². The van der Waals surface area contributed by atoms with Crippen molar-refractivity contribution >= 4 is 22.9 Å². The molecule has 0 spiro atoms. The average Bonchev–Trinajstić information content (AvgIpc) is 2.76. The third-order valence-electron chi connectivity index (χ3n) is 2.56. The van der Waals surface area contributed by atoms with E-state index in [9.17, 15) is 9.50 Å². The summed E-state index contributed by atoms with van der Waals surface area (Å²) in [7, 11) is 0. The molecule has 0 saturated carbocycles. The first-order valence-electron chi connectivity index (χ1n) is 5.33. The second-order valence-electron chi connectivity index (χ2n) is 3.73. The van der Waals surface area contributed by atoms with Gasteiger partial charge >= 0.3 is 0 Å². The van der Waals surface area contributed by atoms with E-state index in [0.29, 0.717) is 5.56 Å². The highest BCUT2D eigenvalue weighted by Crippen LogP contribution is 2.32. The number of aliphatic hydroxyl groups is 1. The van der Waals surface area contributed by atoms with Gasteiger partial charge in [0, 0.05) is 20.3 Å². The Morgan fingerprint density at radius 1 is 1.35 bits per heavy atom. The number of hydrogen-bond donors (Lipinski definition) is 1. The minimum atomic E-state index is -0.784. The first-order valence-corrected chi connectivity index (χ1v) is 6.53. The number of benzene rings is 1. The molecule has 1 N–H and O–H groups in total. The molecule has 0 bridgehead atoms. The standard InChI is InChI=1S/C13H12ClFOS/c1-2-9-4-6-12(17-9)13(16)10-5-3-8(15)7-11(10)14/h3-7,13,16H,2H2,1H3. The van der Waals surface area contributed by atoms with E-state index in [-0.39, 0.29) is 5.02 Å². The zero-order chi connectivity index (χ0) is 12.4. The Bertz CT molecular complexity index is 524. The molecule has 2 rings (SSSR count). The van der Waals surface area contributed by atoms with Crippen molar-refractivity contribution in [2.24, 2.45) is 0 Å². The normalized spacial score (nSPS) is 12.7. The molecule has 1 unspecified atom stereocenters. The Kier molecular flexibility index (Phi) is 3.82. The highest BCUT2D eigenvalue weighted by Gasteiger charge is 2.16. The molecule has 0 aliphatic carbocycles. The van der Waals surface area contributed by atoms with Crippen LogP contribution in [0.4, 0.5) is 4.39 Å². The highest BCUT2D eigenvalue weighted by molar-refractivity contribution is 7.12. The van der Waals surface area contributed by atoms with Gasteiger partial charge in [-0.2, -0.15) is 0 Å². The van der Waals surface area contributed by atoms with Gasteiger partial charge in [0.25, 0.3) is 0 Å². The summed E-state index contributed by atoms with van der Waals surface area (Å²) >= 11 is 7.47. The van der Waals surface area contributed by atoms with Crippen molar-refractivity contribution in [3.8, 4) is 0 Å². The predicted molar refractivity (Wildman–Crippen MR) is 69.2 cm³/mol. The zero-order valence-corrected chi connectivity index (χ0v) is 10.9. The lowest BCUT2D eigenvalue weighted by atomic mass is 10.1. The van der Waals surface area contributed by atoms with Gasteiger partial charge < -0.3 is 5.11 Å². The first-order chi connectivity index (χ1) is 8.11. The largest absolute Gasteiger partial charge is 0.383 e. The molecule has 0 amide bonds. The summed E-state index contributed by atoms with van der Waals surface area (Å²) in [4.78, 5) is 2.03. The molecule has 1 nitrogen and oxygen atoms in total. The number of hydrogen-bond acceptors (Lipinski definition) is 2. The van der Waals surface area contributed by atoms with Crippen molar-refractivity contribution < 1.29 is 9.50 Å². The molecule has 1 aromatic heterocycles. The van der Waals surface area contributed by atoms with Crippen LogP contribution in [0.2, 0.25) is 5.02 Å². The van der Waals surface area contributed by atoms with E-state index in [4.69, 9.17) is 11.6 Å². The monoisotopic (exact) mass is 270 g/mol. The number of thiophene rings is 1. The smallest absolute Gasteiger partial charge is 0.124 e. The lowest BCUT2D eigenvalue weighted by Gasteiger charge is -2.10. The van der Waals surface area contributed by atoms with Gasteiger partial charge in [-0.3, -0.25) is 0 Å².